The van der Waals surface area contributed by atoms with E-state index in [2.05, 4.69) is 0 Å². The van der Waals surface area contributed by atoms with Crippen LogP contribution in [0, 0.1) is 0 Å². The number of methoxy groups -OCH3 is 2. The monoisotopic (exact) mass is 277 g/mol. The van der Waals surface area contributed by atoms with Crippen LogP contribution in [0.3, 0.4) is 0 Å². The standard InChI is InChI=1S/C11H14O2.ClH.Zn/c1-4-5-9-6-7-10(12-2)11(8-9)13-3;;/h4-8H,1-3H3;1H;/p-1/b5-4+;;. The predicted molar refractivity (Wildman–Crippen MR) is 54.3 cm³/mol. The van der Waals surface area contributed by atoms with E-state index in [0.717, 1.165) is 17.1 Å². The second kappa shape index (κ2) is 8.76. The Morgan fingerprint density at radius 3 is 2.13 bits per heavy atom. The van der Waals surface area contributed by atoms with Crippen LogP contribution in [-0.2, 0) is 19.5 Å². The summed E-state index contributed by atoms with van der Waals surface area (Å²) in [5.41, 5.74) is 1.11. The third-order valence-electron chi connectivity index (χ3n) is 1.77. The molecule has 1 aromatic carbocycles. The van der Waals surface area contributed by atoms with Gasteiger partial charge in [0.25, 0.3) is 0 Å². The second-order valence-corrected chi connectivity index (χ2v) is 2.61. The summed E-state index contributed by atoms with van der Waals surface area (Å²) < 4.78 is 10.3. The molecule has 4 heteroatoms. The maximum atomic E-state index is 5.16. The van der Waals surface area contributed by atoms with E-state index in [9.17, 15) is 0 Å². The summed E-state index contributed by atoms with van der Waals surface area (Å²) in [6.45, 7) is 1.98. The number of hydrogen-bond acceptors (Lipinski definition) is 2. The third kappa shape index (κ3) is 4.68. The van der Waals surface area contributed by atoms with Gasteiger partial charge in [-0.15, -0.1) is 0 Å². The third-order valence-corrected chi connectivity index (χ3v) is 1.77. The summed E-state index contributed by atoms with van der Waals surface area (Å²) >= 11 is 0. The van der Waals surface area contributed by atoms with Crippen LogP contribution in [0.1, 0.15) is 12.5 Å². The Bertz CT molecular complexity index is 313. The number of rotatable bonds is 3. The van der Waals surface area contributed by atoms with E-state index in [-0.39, 0.29) is 31.9 Å². The van der Waals surface area contributed by atoms with Crippen molar-refractivity contribution in [3.05, 3.63) is 29.8 Å². The number of allylic oxidation sites excluding steroid dienone is 1. The molecule has 0 saturated heterocycles. The topological polar surface area (TPSA) is 18.5 Å². The molecule has 0 radical (unpaired) electrons. The summed E-state index contributed by atoms with van der Waals surface area (Å²) in [6.07, 6.45) is 4.00. The minimum absolute atomic E-state index is 0. The van der Waals surface area contributed by atoms with Crippen LogP contribution in [0.2, 0.25) is 0 Å². The van der Waals surface area contributed by atoms with E-state index >= 15 is 0 Å². The van der Waals surface area contributed by atoms with Crippen LogP contribution in [0.4, 0.5) is 0 Å². The molecule has 0 aliphatic heterocycles. The Labute approximate surface area is 110 Å². The van der Waals surface area contributed by atoms with Gasteiger partial charge >= 0.3 is 0 Å². The average Bonchev–Trinajstić information content (AvgIpc) is 2.18. The maximum absolute atomic E-state index is 5.16. The first kappa shape index (κ1) is 16.9. The van der Waals surface area contributed by atoms with Gasteiger partial charge in [-0.2, -0.15) is 0 Å². The van der Waals surface area contributed by atoms with Gasteiger partial charge in [-0.25, -0.2) is 0 Å². The summed E-state index contributed by atoms with van der Waals surface area (Å²) in [6, 6.07) is 5.83. The summed E-state index contributed by atoms with van der Waals surface area (Å²) in [5.74, 6) is 1.52. The fourth-order valence-corrected chi connectivity index (χ4v) is 1.15. The van der Waals surface area contributed by atoms with Crippen LogP contribution < -0.4 is 21.9 Å². The zero-order valence-corrected chi connectivity index (χ0v) is 13.0. The minimum atomic E-state index is 0. The van der Waals surface area contributed by atoms with Crippen LogP contribution in [0.25, 0.3) is 6.08 Å². The number of ether oxygens (including phenoxy) is 2. The fourth-order valence-electron chi connectivity index (χ4n) is 1.15. The van der Waals surface area contributed by atoms with E-state index in [1.165, 1.54) is 0 Å². The molecule has 0 amide bonds. The van der Waals surface area contributed by atoms with Crippen LogP contribution in [-0.4, -0.2) is 14.2 Å². The fraction of sp³-hybridized carbons (Fsp3) is 0.273. The SMILES string of the molecule is C/C=C/c1ccc(OC)c(OC)c1.[Cl-].[Zn]. The molecule has 0 unspecified atom stereocenters. The Morgan fingerprint density at radius 2 is 1.67 bits per heavy atom. The number of hydrogen-bond donors (Lipinski definition) is 0. The van der Waals surface area contributed by atoms with Crippen molar-refractivity contribution < 1.29 is 41.4 Å². The van der Waals surface area contributed by atoms with Crippen molar-refractivity contribution in [2.45, 2.75) is 6.92 Å². The van der Waals surface area contributed by atoms with Crippen molar-refractivity contribution >= 4 is 6.08 Å². The van der Waals surface area contributed by atoms with Crippen molar-refractivity contribution in [2.75, 3.05) is 14.2 Å². The van der Waals surface area contributed by atoms with Crippen LogP contribution in [0.15, 0.2) is 24.3 Å². The molecule has 0 aliphatic rings. The maximum Gasteiger partial charge on any atom is 0.161 e. The molecule has 0 saturated carbocycles. The smallest absolute Gasteiger partial charge is 0.161 e. The number of halogens is 1. The molecule has 0 bridgehead atoms. The largest absolute Gasteiger partial charge is 1.00 e. The van der Waals surface area contributed by atoms with E-state index in [0.29, 0.717) is 0 Å². The molecule has 15 heavy (non-hydrogen) atoms. The van der Waals surface area contributed by atoms with E-state index < -0.39 is 0 Å². The molecule has 0 fully saturated rings. The second-order valence-electron chi connectivity index (χ2n) is 2.61. The van der Waals surface area contributed by atoms with Crippen molar-refractivity contribution in [1.29, 1.82) is 0 Å². The predicted octanol–water partition coefficient (Wildman–Crippen LogP) is -0.262. The zero-order valence-electron chi connectivity index (χ0n) is 9.29. The Hall–Kier alpha value is -0.527. The van der Waals surface area contributed by atoms with Gasteiger partial charge in [0, 0.05) is 19.5 Å². The quantitative estimate of drug-likeness (QED) is 0.710. The van der Waals surface area contributed by atoms with Gasteiger partial charge in [0.05, 0.1) is 14.2 Å². The molecule has 1 aromatic rings. The minimum Gasteiger partial charge on any atom is -1.00 e. The molecular weight excluding hydrogens is 265 g/mol. The van der Waals surface area contributed by atoms with Gasteiger partial charge < -0.3 is 21.9 Å². The van der Waals surface area contributed by atoms with Crippen molar-refractivity contribution in [3.8, 4) is 11.5 Å². The first-order valence-corrected chi connectivity index (χ1v) is 4.16. The van der Waals surface area contributed by atoms with Gasteiger partial charge in [-0.3, -0.25) is 0 Å². The molecule has 1 rings (SSSR count). The van der Waals surface area contributed by atoms with Crippen molar-refractivity contribution in [2.24, 2.45) is 0 Å². The molecule has 0 atom stereocenters. The van der Waals surface area contributed by atoms with Crippen LogP contribution in [0.5, 0.6) is 11.5 Å². The Kier molecular flexibility index (Phi) is 9.86. The summed E-state index contributed by atoms with van der Waals surface area (Å²) in [5, 5.41) is 0. The van der Waals surface area contributed by atoms with Crippen molar-refractivity contribution in [1.82, 2.24) is 0 Å². The van der Waals surface area contributed by atoms with E-state index in [1.54, 1.807) is 14.2 Å². The van der Waals surface area contributed by atoms with Gasteiger partial charge in [0.2, 0.25) is 0 Å². The Balaban J connectivity index is 0. The first-order chi connectivity index (χ1) is 6.31. The Morgan fingerprint density at radius 1 is 1.07 bits per heavy atom. The first-order valence-electron chi connectivity index (χ1n) is 4.16. The molecule has 0 N–H and O–H groups in total. The van der Waals surface area contributed by atoms with Crippen molar-refractivity contribution in [3.63, 3.8) is 0 Å². The molecular formula is C11H14ClO2Zn-. The van der Waals surface area contributed by atoms with E-state index in [4.69, 9.17) is 9.47 Å². The molecule has 0 aromatic heterocycles. The zero-order chi connectivity index (χ0) is 9.68. The molecule has 0 spiro atoms. The van der Waals surface area contributed by atoms with Crippen LogP contribution >= 0.6 is 0 Å². The van der Waals surface area contributed by atoms with Gasteiger partial charge in [-0.05, 0) is 24.6 Å². The summed E-state index contributed by atoms with van der Waals surface area (Å²) in [4.78, 5) is 0. The molecule has 0 aliphatic carbocycles. The van der Waals surface area contributed by atoms with Gasteiger partial charge in [-0.1, -0.05) is 18.2 Å². The molecule has 80 valence electrons. The normalized spacial score (nSPS) is 9.00. The molecule has 2 nitrogen and oxygen atoms in total. The number of benzene rings is 1. The van der Waals surface area contributed by atoms with E-state index in [1.807, 2.05) is 37.3 Å². The van der Waals surface area contributed by atoms with Gasteiger partial charge in [0.15, 0.2) is 11.5 Å². The molecule has 0 heterocycles. The summed E-state index contributed by atoms with van der Waals surface area (Å²) in [7, 11) is 3.27. The average molecular weight is 279 g/mol. The van der Waals surface area contributed by atoms with Gasteiger partial charge in [0.1, 0.15) is 0 Å².